The highest BCUT2D eigenvalue weighted by Gasteiger charge is 2.37. The predicted octanol–water partition coefficient (Wildman–Crippen LogP) is 5.38. The van der Waals surface area contributed by atoms with Crippen molar-refractivity contribution in [3.63, 3.8) is 0 Å². The molecule has 2 N–H and O–H groups in total. The summed E-state index contributed by atoms with van der Waals surface area (Å²) in [4.78, 5) is 28.4. The zero-order valence-electron chi connectivity index (χ0n) is 21.8. The molecule has 3 aromatic rings. The number of amides is 1. The van der Waals surface area contributed by atoms with Gasteiger partial charge in [-0.15, -0.1) is 0 Å². The highest BCUT2D eigenvalue weighted by Crippen LogP contribution is 2.32. The molecule has 7 nitrogen and oxygen atoms in total. The molecule has 1 saturated heterocycles. The lowest BCUT2D eigenvalue weighted by atomic mass is 10.0. The van der Waals surface area contributed by atoms with Crippen molar-refractivity contribution < 1.29 is 13.6 Å². The summed E-state index contributed by atoms with van der Waals surface area (Å²) in [7, 11) is 0. The third-order valence-corrected chi connectivity index (χ3v) is 6.86. The van der Waals surface area contributed by atoms with Gasteiger partial charge in [0.1, 0.15) is 11.6 Å². The first-order chi connectivity index (χ1) is 17.9. The van der Waals surface area contributed by atoms with Crippen molar-refractivity contribution in [3.05, 3.63) is 59.7 Å². The number of aromatic nitrogens is 3. The van der Waals surface area contributed by atoms with Crippen LogP contribution < -0.4 is 10.6 Å². The smallest absolute Gasteiger partial charge is 0.252 e. The van der Waals surface area contributed by atoms with Crippen LogP contribution in [0.2, 0.25) is 0 Å². The summed E-state index contributed by atoms with van der Waals surface area (Å²) < 4.78 is 27.5. The average molecular weight is 511 g/mol. The van der Waals surface area contributed by atoms with Crippen LogP contribution >= 0.6 is 0 Å². The van der Waals surface area contributed by atoms with E-state index in [1.165, 1.54) is 12.8 Å². The highest BCUT2D eigenvalue weighted by atomic mass is 19.3. The minimum atomic E-state index is -2.64. The monoisotopic (exact) mass is 510 g/mol. The van der Waals surface area contributed by atoms with Crippen molar-refractivity contribution >= 4 is 22.6 Å². The van der Waals surface area contributed by atoms with Gasteiger partial charge in [0.05, 0.1) is 11.6 Å². The normalized spacial score (nSPS) is 18.0. The van der Waals surface area contributed by atoms with Crippen molar-refractivity contribution in [1.82, 2.24) is 25.2 Å². The SMILES string of the molecule is CC.Cc1ncc(C(CNC(=O)c2cccc3nc(NCC4CC4)ccc23)N2CCC(F)(F)CC2)cn1. The van der Waals surface area contributed by atoms with Gasteiger partial charge in [-0.25, -0.2) is 23.7 Å². The maximum atomic E-state index is 13.8. The molecule has 2 aliphatic rings. The van der Waals surface area contributed by atoms with Crippen LogP contribution in [0.15, 0.2) is 42.7 Å². The Bertz CT molecular complexity index is 1190. The number of nitrogens with one attached hydrogen (secondary N) is 2. The number of piperidine rings is 1. The minimum Gasteiger partial charge on any atom is -0.370 e. The summed E-state index contributed by atoms with van der Waals surface area (Å²) in [6.07, 6.45) is 5.56. The second-order valence-electron chi connectivity index (χ2n) is 9.57. The molecule has 0 radical (unpaired) electrons. The second-order valence-corrected chi connectivity index (χ2v) is 9.57. The van der Waals surface area contributed by atoms with Crippen LogP contribution in [0, 0.1) is 12.8 Å². The summed E-state index contributed by atoms with van der Waals surface area (Å²) in [5, 5.41) is 7.16. The first-order valence-corrected chi connectivity index (χ1v) is 13.2. The summed E-state index contributed by atoms with van der Waals surface area (Å²) in [5.74, 6) is -0.686. The molecule has 198 valence electrons. The van der Waals surface area contributed by atoms with E-state index < -0.39 is 5.92 Å². The molecule has 1 amide bonds. The van der Waals surface area contributed by atoms with E-state index in [2.05, 4.69) is 25.6 Å². The van der Waals surface area contributed by atoms with Crippen molar-refractivity contribution in [2.75, 3.05) is 31.5 Å². The van der Waals surface area contributed by atoms with Gasteiger partial charge in [-0.3, -0.25) is 9.69 Å². The standard InChI is InChI=1S/C26H30F2N6O.C2H6/c1-17-29-14-19(15-30-17)23(34-11-9-26(27,28)10-12-34)16-32-25(35)21-3-2-4-22-20(21)7-8-24(33-22)31-13-18-5-6-18;1-2/h2-4,7-8,14-15,18,23H,5-6,9-13,16H2,1H3,(H,31,33)(H,32,35);1-2H3. The van der Waals surface area contributed by atoms with E-state index in [9.17, 15) is 13.6 Å². The Kier molecular flexibility index (Phi) is 8.63. The molecule has 1 atom stereocenters. The van der Waals surface area contributed by atoms with E-state index in [0.29, 0.717) is 11.4 Å². The Morgan fingerprint density at radius 2 is 1.81 bits per heavy atom. The number of fused-ring (bicyclic) bond motifs is 1. The number of pyridine rings is 1. The number of aryl methyl sites for hydroxylation is 1. The maximum Gasteiger partial charge on any atom is 0.252 e. The summed E-state index contributed by atoms with van der Waals surface area (Å²) in [6.45, 7) is 7.48. The topological polar surface area (TPSA) is 83.0 Å². The van der Waals surface area contributed by atoms with Gasteiger partial charge < -0.3 is 10.6 Å². The van der Waals surface area contributed by atoms with E-state index in [1.807, 2.05) is 43.0 Å². The third-order valence-electron chi connectivity index (χ3n) is 6.86. The van der Waals surface area contributed by atoms with E-state index >= 15 is 0 Å². The molecule has 3 heterocycles. The highest BCUT2D eigenvalue weighted by molar-refractivity contribution is 6.06. The quantitative estimate of drug-likeness (QED) is 0.423. The van der Waals surface area contributed by atoms with Crippen LogP contribution in [0.3, 0.4) is 0 Å². The number of anilines is 1. The zero-order chi connectivity index (χ0) is 26.4. The molecule has 1 aliphatic carbocycles. The largest absolute Gasteiger partial charge is 0.370 e. The van der Waals surface area contributed by atoms with Crippen LogP contribution in [0.4, 0.5) is 14.6 Å². The fourth-order valence-electron chi connectivity index (χ4n) is 4.50. The Hall–Kier alpha value is -3.20. The molecule has 1 aliphatic heterocycles. The van der Waals surface area contributed by atoms with E-state index in [0.717, 1.165) is 34.7 Å². The average Bonchev–Trinajstić information content (AvgIpc) is 3.74. The van der Waals surface area contributed by atoms with Crippen molar-refractivity contribution in [2.24, 2.45) is 5.92 Å². The number of halogens is 2. The van der Waals surface area contributed by atoms with Gasteiger partial charge in [0.25, 0.3) is 11.8 Å². The summed E-state index contributed by atoms with van der Waals surface area (Å²) in [6, 6.07) is 9.04. The zero-order valence-corrected chi connectivity index (χ0v) is 21.8. The number of benzene rings is 1. The van der Waals surface area contributed by atoms with Gasteiger partial charge in [-0.05, 0) is 49.9 Å². The molecule has 1 saturated carbocycles. The van der Waals surface area contributed by atoms with Crippen LogP contribution in [0.5, 0.6) is 0 Å². The number of carbonyl (C=O) groups excluding carboxylic acids is 1. The summed E-state index contributed by atoms with van der Waals surface area (Å²) >= 11 is 0. The number of alkyl halides is 2. The number of likely N-dealkylation sites (tertiary alicyclic amines) is 1. The number of carbonyl (C=O) groups is 1. The van der Waals surface area contributed by atoms with Gasteiger partial charge in [0, 0.05) is 67.9 Å². The molecule has 2 fully saturated rings. The molecule has 1 aromatic carbocycles. The maximum absolute atomic E-state index is 13.8. The summed E-state index contributed by atoms with van der Waals surface area (Å²) in [5.41, 5.74) is 2.08. The molecule has 0 spiro atoms. The van der Waals surface area contributed by atoms with Crippen LogP contribution in [-0.2, 0) is 0 Å². The lowest BCUT2D eigenvalue weighted by Crippen LogP contribution is -2.45. The Morgan fingerprint density at radius 1 is 1.11 bits per heavy atom. The van der Waals surface area contributed by atoms with E-state index in [1.54, 1.807) is 25.4 Å². The Balaban J connectivity index is 0.00000156. The van der Waals surface area contributed by atoms with Gasteiger partial charge in [0.2, 0.25) is 0 Å². The van der Waals surface area contributed by atoms with E-state index in [-0.39, 0.29) is 44.4 Å². The number of hydrogen-bond donors (Lipinski definition) is 2. The van der Waals surface area contributed by atoms with E-state index in [4.69, 9.17) is 0 Å². The van der Waals surface area contributed by atoms with Crippen molar-refractivity contribution in [2.45, 2.75) is 58.4 Å². The molecule has 2 aromatic heterocycles. The molecule has 5 rings (SSSR count). The van der Waals surface area contributed by atoms with Crippen LogP contribution in [0.25, 0.3) is 10.9 Å². The van der Waals surface area contributed by atoms with Crippen LogP contribution in [-0.4, -0.2) is 57.9 Å². The number of nitrogens with zero attached hydrogens (tertiary/aromatic N) is 4. The first-order valence-electron chi connectivity index (χ1n) is 13.2. The first kappa shape index (κ1) is 26.9. The van der Waals surface area contributed by atoms with Crippen molar-refractivity contribution in [3.8, 4) is 0 Å². The Morgan fingerprint density at radius 3 is 2.49 bits per heavy atom. The molecule has 37 heavy (non-hydrogen) atoms. The Labute approximate surface area is 217 Å². The molecule has 1 unspecified atom stereocenters. The van der Waals surface area contributed by atoms with Gasteiger partial charge in [-0.2, -0.15) is 0 Å². The molecular formula is C28H36F2N6O. The molecule has 9 heteroatoms. The third kappa shape index (κ3) is 6.97. The molecular weight excluding hydrogens is 474 g/mol. The second kappa shape index (κ2) is 11.9. The number of rotatable bonds is 8. The lowest BCUT2D eigenvalue weighted by molar-refractivity contribution is -0.0632. The minimum absolute atomic E-state index is 0.198. The predicted molar refractivity (Wildman–Crippen MR) is 142 cm³/mol. The van der Waals surface area contributed by atoms with Gasteiger partial charge >= 0.3 is 0 Å². The fraction of sp³-hybridized carbons (Fsp3) is 0.500. The number of hydrogen-bond acceptors (Lipinski definition) is 6. The fourth-order valence-corrected chi connectivity index (χ4v) is 4.50. The van der Waals surface area contributed by atoms with Gasteiger partial charge in [-0.1, -0.05) is 19.9 Å². The van der Waals surface area contributed by atoms with Crippen LogP contribution in [0.1, 0.15) is 67.3 Å². The molecule has 0 bridgehead atoms. The van der Waals surface area contributed by atoms with Crippen molar-refractivity contribution in [1.29, 1.82) is 0 Å². The lowest BCUT2D eigenvalue weighted by Gasteiger charge is -2.37. The van der Waals surface area contributed by atoms with Gasteiger partial charge in [0.15, 0.2) is 0 Å².